The van der Waals surface area contributed by atoms with Crippen molar-refractivity contribution in [3.63, 3.8) is 0 Å². The topological polar surface area (TPSA) is 25.1 Å². The van der Waals surface area contributed by atoms with Crippen LogP contribution >= 0.6 is 0 Å². The molecule has 2 saturated heterocycles. The lowest BCUT2D eigenvalue weighted by molar-refractivity contribution is 0.318. The van der Waals surface area contributed by atoms with Crippen LogP contribution in [-0.2, 0) is 9.47 Å². The van der Waals surface area contributed by atoms with Crippen LogP contribution in [-0.4, -0.2) is 24.4 Å². The Kier molecular flexibility index (Phi) is 11.2. The number of hydrogen-bond acceptors (Lipinski definition) is 2. The number of hydrogen-bond donors (Lipinski definition) is 0. The molecule has 0 N–H and O–H groups in total. The van der Waals surface area contributed by atoms with E-state index < -0.39 is 0 Å². The van der Waals surface area contributed by atoms with Crippen molar-refractivity contribution in [2.75, 3.05) is 0 Å². The van der Waals surface area contributed by atoms with E-state index in [9.17, 15) is 0 Å². The van der Waals surface area contributed by atoms with Gasteiger partial charge in [-0.05, 0) is 12.8 Å². The van der Waals surface area contributed by atoms with Crippen LogP contribution in [0.15, 0.2) is 0 Å². The van der Waals surface area contributed by atoms with E-state index in [0.717, 1.165) is 0 Å². The molecule has 148 valence electrons. The van der Waals surface area contributed by atoms with Crippen LogP contribution in [0.25, 0.3) is 0 Å². The summed E-state index contributed by atoms with van der Waals surface area (Å²) in [6, 6.07) is 0. The minimum Gasteiger partial charge on any atom is -0.369 e. The molecule has 2 rings (SSSR count). The zero-order valence-electron chi connectivity index (χ0n) is 17.1. The summed E-state index contributed by atoms with van der Waals surface area (Å²) in [5.41, 5.74) is 0. The molecule has 25 heavy (non-hydrogen) atoms. The Bertz CT molecular complexity index is 317. The van der Waals surface area contributed by atoms with Crippen molar-refractivity contribution in [2.45, 2.75) is 147 Å². The maximum atomic E-state index is 5.85. The van der Waals surface area contributed by atoms with E-state index in [2.05, 4.69) is 13.8 Å². The molecule has 0 spiro atoms. The van der Waals surface area contributed by atoms with Gasteiger partial charge in [-0.15, -0.1) is 0 Å². The fraction of sp³-hybridized carbons (Fsp3) is 1.00. The number of epoxide rings is 2. The third kappa shape index (κ3) is 9.99. The molecule has 2 fully saturated rings. The molecule has 0 aliphatic carbocycles. The van der Waals surface area contributed by atoms with Crippen molar-refractivity contribution in [3.05, 3.63) is 0 Å². The smallest absolute Gasteiger partial charge is 0.0867 e. The van der Waals surface area contributed by atoms with Crippen LogP contribution in [0.5, 0.6) is 0 Å². The first-order chi connectivity index (χ1) is 12.3. The molecular formula is C23H44O2. The predicted molar refractivity (Wildman–Crippen MR) is 107 cm³/mol. The first-order valence-electron chi connectivity index (χ1n) is 11.7. The van der Waals surface area contributed by atoms with Gasteiger partial charge in [0.1, 0.15) is 0 Å². The first-order valence-corrected chi connectivity index (χ1v) is 11.7. The van der Waals surface area contributed by atoms with Gasteiger partial charge in [-0.2, -0.15) is 0 Å². The highest BCUT2D eigenvalue weighted by atomic mass is 16.6. The zero-order valence-corrected chi connectivity index (χ0v) is 17.1. The van der Waals surface area contributed by atoms with E-state index in [0.29, 0.717) is 24.4 Å². The second-order valence-corrected chi connectivity index (χ2v) is 8.48. The van der Waals surface area contributed by atoms with E-state index in [1.807, 2.05) is 0 Å². The summed E-state index contributed by atoms with van der Waals surface area (Å²) in [6.07, 6.45) is 25.6. The first kappa shape index (κ1) is 21.2. The van der Waals surface area contributed by atoms with Gasteiger partial charge in [-0.3, -0.25) is 0 Å². The molecule has 0 saturated carbocycles. The summed E-state index contributed by atoms with van der Waals surface area (Å²) in [5.74, 6) is 0. The normalized spacial score (nSPS) is 27.6. The lowest BCUT2D eigenvalue weighted by atomic mass is 10.0. The Hall–Kier alpha value is -0.0800. The van der Waals surface area contributed by atoms with Crippen molar-refractivity contribution in [1.82, 2.24) is 0 Å². The average Bonchev–Trinajstić information content (AvgIpc) is 3.52. The molecule has 4 unspecified atom stereocenters. The average molecular weight is 353 g/mol. The molecule has 0 aromatic heterocycles. The van der Waals surface area contributed by atoms with Gasteiger partial charge in [0.15, 0.2) is 0 Å². The fourth-order valence-electron chi connectivity index (χ4n) is 4.12. The van der Waals surface area contributed by atoms with Crippen molar-refractivity contribution in [2.24, 2.45) is 0 Å². The summed E-state index contributed by atoms with van der Waals surface area (Å²) in [6.45, 7) is 4.56. The Morgan fingerprint density at radius 3 is 1.28 bits per heavy atom. The molecule has 0 bridgehead atoms. The number of ether oxygens (including phenoxy) is 2. The Labute approximate surface area is 157 Å². The monoisotopic (exact) mass is 352 g/mol. The van der Waals surface area contributed by atoms with E-state index in [1.165, 1.54) is 109 Å². The van der Waals surface area contributed by atoms with Crippen LogP contribution in [0.4, 0.5) is 0 Å². The van der Waals surface area contributed by atoms with Gasteiger partial charge in [0, 0.05) is 6.42 Å². The molecule has 0 amide bonds. The Morgan fingerprint density at radius 1 is 0.440 bits per heavy atom. The maximum absolute atomic E-state index is 5.85. The van der Waals surface area contributed by atoms with Gasteiger partial charge in [0.25, 0.3) is 0 Å². The molecule has 2 aliphatic rings. The van der Waals surface area contributed by atoms with E-state index >= 15 is 0 Å². The van der Waals surface area contributed by atoms with Crippen molar-refractivity contribution in [1.29, 1.82) is 0 Å². The van der Waals surface area contributed by atoms with E-state index in [1.54, 1.807) is 0 Å². The molecule has 2 aliphatic heterocycles. The lowest BCUT2D eigenvalue weighted by Gasteiger charge is -2.02. The van der Waals surface area contributed by atoms with Crippen LogP contribution in [0.3, 0.4) is 0 Å². The summed E-state index contributed by atoms with van der Waals surface area (Å²) in [5, 5.41) is 0. The molecule has 2 heteroatoms. The minimum absolute atomic E-state index is 0.532. The van der Waals surface area contributed by atoms with Crippen LogP contribution in [0.1, 0.15) is 123 Å². The van der Waals surface area contributed by atoms with Crippen molar-refractivity contribution >= 4 is 0 Å². The number of unbranched alkanes of at least 4 members (excludes halogenated alkanes) is 12. The minimum atomic E-state index is 0.532. The van der Waals surface area contributed by atoms with Gasteiger partial charge >= 0.3 is 0 Å². The highest BCUT2D eigenvalue weighted by Gasteiger charge is 2.47. The molecular weight excluding hydrogens is 308 g/mol. The van der Waals surface area contributed by atoms with Crippen LogP contribution in [0, 0.1) is 0 Å². The van der Waals surface area contributed by atoms with Gasteiger partial charge in [-0.1, -0.05) is 104 Å². The molecule has 0 aromatic rings. The van der Waals surface area contributed by atoms with Gasteiger partial charge in [0.05, 0.1) is 24.4 Å². The van der Waals surface area contributed by atoms with Gasteiger partial charge in [-0.25, -0.2) is 0 Å². The SMILES string of the molecule is CCCCCCCCCCCCCC1OC1CC1OC1CCCCC. The summed E-state index contributed by atoms with van der Waals surface area (Å²) in [4.78, 5) is 0. The fourth-order valence-corrected chi connectivity index (χ4v) is 4.12. The highest BCUT2D eigenvalue weighted by molar-refractivity contribution is 4.94. The van der Waals surface area contributed by atoms with Crippen molar-refractivity contribution in [3.8, 4) is 0 Å². The second-order valence-electron chi connectivity index (χ2n) is 8.48. The van der Waals surface area contributed by atoms with E-state index in [-0.39, 0.29) is 0 Å². The maximum Gasteiger partial charge on any atom is 0.0867 e. The highest BCUT2D eigenvalue weighted by Crippen LogP contribution is 2.39. The third-order valence-electron chi connectivity index (χ3n) is 6.02. The number of rotatable bonds is 18. The summed E-state index contributed by atoms with van der Waals surface area (Å²) < 4.78 is 11.6. The predicted octanol–water partition coefficient (Wildman–Crippen LogP) is 7.19. The Morgan fingerprint density at radius 2 is 0.800 bits per heavy atom. The quantitative estimate of drug-likeness (QED) is 0.192. The van der Waals surface area contributed by atoms with Gasteiger partial charge < -0.3 is 9.47 Å². The second kappa shape index (κ2) is 13.1. The van der Waals surface area contributed by atoms with Crippen LogP contribution in [0.2, 0.25) is 0 Å². The largest absolute Gasteiger partial charge is 0.369 e. The van der Waals surface area contributed by atoms with Crippen molar-refractivity contribution < 1.29 is 9.47 Å². The molecule has 0 aromatic carbocycles. The van der Waals surface area contributed by atoms with Gasteiger partial charge in [0.2, 0.25) is 0 Å². The summed E-state index contributed by atoms with van der Waals surface area (Å²) >= 11 is 0. The third-order valence-corrected chi connectivity index (χ3v) is 6.02. The molecule has 4 atom stereocenters. The summed E-state index contributed by atoms with van der Waals surface area (Å²) in [7, 11) is 0. The molecule has 2 heterocycles. The molecule has 0 radical (unpaired) electrons. The van der Waals surface area contributed by atoms with E-state index in [4.69, 9.17) is 9.47 Å². The standard InChI is InChI=1S/C23H44O2/c1-3-5-7-8-9-10-11-12-13-14-16-18-21-23(25-21)19-22-20(24-22)17-15-6-4-2/h20-23H,3-19H2,1-2H3. The van der Waals surface area contributed by atoms with Crippen LogP contribution < -0.4 is 0 Å². The Balaban J connectivity index is 1.29. The zero-order chi connectivity index (χ0) is 17.7. The lowest BCUT2D eigenvalue weighted by Crippen LogP contribution is -2.02. The molecule has 2 nitrogen and oxygen atoms in total.